The van der Waals surface area contributed by atoms with Crippen molar-refractivity contribution in [2.24, 2.45) is 4.40 Å². The molecule has 16 heteroatoms. The van der Waals surface area contributed by atoms with E-state index in [4.69, 9.17) is 5.11 Å². The Morgan fingerprint density at radius 3 is 1.76 bits per heavy atom. The fourth-order valence-corrected chi connectivity index (χ4v) is 7.32. The molecule has 0 saturated carbocycles. The van der Waals surface area contributed by atoms with Crippen molar-refractivity contribution in [1.82, 2.24) is 25.0 Å². The van der Waals surface area contributed by atoms with Crippen molar-refractivity contribution in [3.63, 3.8) is 0 Å². The zero-order valence-corrected chi connectivity index (χ0v) is 38.7. The third-order valence-electron chi connectivity index (χ3n) is 8.79. The van der Waals surface area contributed by atoms with Gasteiger partial charge in [-0.25, -0.2) is 22.7 Å². The van der Waals surface area contributed by atoms with Gasteiger partial charge >= 0.3 is 11.9 Å². The van der Waals surface area contributed by atoms with Gasteiger partial charge in [0.25, 0.3) is 5.91 Å². The molecule has 0 bridgehead atoms. The number of carbonyl (C=O) groups excluding carboxylic acids is 1. The standard InChI is InChI=1S/C17H20N2O3S.C13H10N2O.C10H14N2OS.C7H5BrO2/c1-17(2,3)23(22)19-15(12-8-10-18-11-9-12)13-6-4-5-7-14(13)16(20)21;16-13-11-4-2-1-3-10(11)12(15-13)9-5-7-14-8-6-9;1-10(2,3)14(13)12-8-9-4-6-11-7-5-9;8-6-4-2-1-3-5(6)7(9)10/h4-11,15,19H,1-3H3,(H,20,21);1-8,12H,(H,15,16);4-8H,1-3H3;1-4H,(H,9,10). The van der Waals surface area contributed by atoms with Crippen LogP contribution in [0.1, 0.15) is 113 Å². The number of fused-ring (bicyclic) bond motifs is 1. The van der Waals surface area contributed by atoms with E-state index >= 15 is 0 Å². The molecule has 0 fully saturated rings. The molecule has 0 aliphatic carbocycles. The van der Waals surface area contributed by atoms with Gasteiger partial charge in [-0.1, -0.05) is 48.5 Å². The number of amides is 1. The third-order valence-corrected chi connectivity index (χ3v) is 12.4. The van der Waals surface area contributed by atoms with Crippen molar-refractivity contribution in [2.45, 2.75) is 63.1 Å². The number of benzene rings is 3. The monoisotopic (exact) mass is 952 g/mol. The second-order valence-electron chi connectivity index (χ2n) is 15.5. The quantitative estimate of drug-likeness (QED) is 0.101. The molecule has 7 rings (SSSR count). The lowest BCUT2D eigenvalue weighted by atomic mass is 9.96. The first-order chi connectivity index (χ1) is 29.9. The molecular formula is C47H49BrN6O7S2. The number of carboxylic acid groups (broad SMARTS) is 2. The van der Waals surface area contributed by atoms with Crippen molar-refractivity contribution >= 4 is 62.0 Å². The van der Waals surface area contributed by atoms with Crippen LogP contribution in [0.2, 0.25) is 0 Å². The second-order valence-corrected chi connectivity index (χ2v) is 20.3. The number of hydrogen-bond acceptors (Lipinski definition) is 8. The van der Waals surface area contributed by atoms with Crippen LogP contribution < -0.4 is 10.0 Å². The number of halogens is 1. The van der Waals surface area contributed by atoms with E-state index in [2.05, 4.69) is 45.3 Å². The summed E-state index contributed by atoms with van der Waals surface area (Å²) in [4.78, 5) is 45.5. The molecule has 1 aliphatic rings. The largest absolute Gasteiger partial charge is 0.478 e. The Balaban J connectivity index is 0.000000192. The fraction of sp³-hybridized carbons (Fsp3) is 0.213. The smallest absolute Gasteiger partial charge is 0.336 e. The fourth-order valence-electron chi connectivity index (χ4n) is 5.51. The highest BCUT2D eigenvalue weighted by atomic mass is 79.9. The highest BCUT2D eigenvalue weighted by Gasteiger charge is 2.29. The number of hydrogen-bond donors (Lipinski definition) is 4. The molecule has 13 nitrogen and oxygen atoms in total. The van der Waals surface area contributed by atoms with Crippen LogP contribution in [0.25, 0.3) is 0 Å². The summed E-state index contributed by atoms with van der Waals surface area (Å²) in [6.07, 6.45) is 11.7. The summed E-state index contributed by atoms with van der Waals surface area (Å²) in [6.45, 7) is 11.3. The summed E-state index contributed by atoms with van der Waals surface area (Å²) in [5, 5.41) is 20.9. The molecule has 4 atom stereocenters. The average Bonchev–Trinajstić information content (AvgIpc) is 3.61. The lowest BCUT2D eigenvalue weighted by Crippen LogP contribution is -2.36. The number of carbonyl (C=O) groups is 3. The molecule has 3 aromatic carbocycles. The number of pyridine rings is 3. The minimum absolute atomic E-state index is 0.00240. The van der Waals surface area contributed by atoms with Crippen molar-refractivity contribution in [2.75, 3.05) is 0 Å². The summed E-state index contributed by atoms with van der Waals surface area (Å²) in [5.74, 6) is -1.92. The van der Waals surface area contributed by atoms with Crippen LogP contribution in [0.3, 0.4) is 0 Å². The van der Waals surface area contributed by atoms with Gasteiger partial charge in [0.1, 0.15) is 11.0 Å². The van der Waals surface area contributed by atoms with Gasteiger partial charge in [0.05, 0.1) is 43.7 Å². The van der Waals surface area contributed by atoms with Crippen molar-refractivity contribution < 1.29 is 33.0 Å². The van der Waals surface area contributed by atoms with E-state index in [1.165, 1.54) is 0 Å². The highest BCUT2D eigenvalue weighted by molar-refractivity contribution is 9.10. The van der Waals surface area contributed by atoms with Crippen LogP contribution >= 0.6 is 15.9 Å². The molecule has 3 aromatic heterocycles. The molecule has 1 amide bonds. The van der Waals surface area contributed by atoms with E-state index in [0.717, 1.165) is 27.8 Å². The molecule has 6 aromatic rings. The first-order valence-electron chi connectivity index (χ1n) is 19.4. The number of nitrogens with one attached hydrogen (secondary N) is 2. The van der Waals surface area contributed by atoms with Crippen LogP contribution in [0.4, 0.5) is 0 Å². The van der Waals surface area contributed by atoms with E-state index in [9.17, 15) is 27.9 Å². The molecule has 4 heterocycles. The molecule has 1 aliphatic heterocycles. The molecular weight excluding hydrogens is 905 g/mol. The maximum atomic E-state index is 12.5. The second kappa shape index (κ2) is 23.4. The van der Waals surface area contributed by atoms with Gasteiger partial charge < -0.3 is 15.5 Å². The van der Waals surface area contributed by atoms with Gasteiger partial charge in [-0.3, -0.25) is 19.7 Å². The summed E-state index contributed by atoms with van der Waals surface area (Å²) in [6, 6.07) is 31.7. The number of aromatic carboxylic acids is 2. The van der Waals surface area contributed by atoms with E-state index in [-0.39, 0.29) is 22.3 Å². The summed E-state index contributed by atoms with van der Waals surface area (Å²) in [5.41, 5.74) is 5.65. The Morgan fingerprint density at radius 1 is 0.714 bits per heavy atom. The van der Waals surface area contributed by atoms with E-state index in [0.29, 0.717) is 15.6 Å². The van der Waals surface area contributed by atoms with Gasteiger partial charge in [-0.2, -0.15) is 4.40 Å². The minimum atomic E-state index is -1.35. The van der Waals surface area contributed by atoms with Crippen LogP contribution in [0.5, 0.6) is 0 Å². The third kappa shape index (κ3) is 15.1. The number of aromatic nitrogens is 3. The minimum Gasteiger partial charge on any atom is -0.478 e. The van der Waals surface area contributed by atoms with Crippen LogP contribution in [0, 0.1) is 0 Å². The topological polar surface area (TPSA) is 201 Å². The zero-order chi connectivity index (χ0) is 46.2. The van der Waals surface area contributed by atoms with Gasteiger partial charge in [-0.15, -0.1) is 0 Å². The van der Waals surface area contributed by atoms with Gasteiger partial charge in [-0.05, 0) is 146 Å². The highest BCUT2D eigenvalue weighted by Crippen LogP contribution is 2.30. The Morgan fingerprint density at radius 2 is 1.22 bits per heavy atom. The Bertz CT molecular complexity index is 2540. The van der Waals surface area contributed by atoms with Crippen molar-refractivity contribution in [3.8, 4) is 0 Å². The first-order valence-corrected chi connectivity index (χ1v) is 22.5. The van der Waals surface area contributed by atoms with Gasteiger partial charge in [0, 0.05) is 53.4 Å². The average molecular weight is 954 g/mol. The van der Waals surface area contributed by atoms with Gasteiger partial charge in [0.2, 0.25) is 0 Å². The van der Waals surface area contributed by atoms with Crippen molar-refractivity contribution in [1.29, 1.82) is 0 Å². The Hall–Kier alpha value is -6.07. The maximum absolute atomic E-state index is 12.5. The zero-order valence-electron chi connectivity index (χ0n) is 35.5. The van der Waals surface area contributed by atoms with E-state index in [1.54, 1.807) is 104 Å². The molecule has 0 radical (unpaired) electrons. The molecule has 63 heavy (non-hydrogen) atoms. The lowest BCUT2D eigenvalue weighted by Gasteiger charge is -2.25. The molecule has 0 spiro atoms. The lowest BCUT2D eigenvalue weighted by molar-refractivity contribution is 0.0684. The maximum Gasteiger partial charge on any atom is 0.336 e. The van der Waals surface area contributed by atoms with Crippen LogP contribution in [0.15, 0.2) is 155 Å². The number of carboxylic acids is 2. The summed E-state index contributed by atoms with van der Waals surface area (Å²) in [7, 11) is -2.54. The number of rotatable bonds is 9. The first kappa shape index (κ1) is 49.6. The normalized spacial score (nSPS) is 14.5. The molecule has 4 N–H and O–H groups in total. The van der Waals surface area contributed by atoms with Gasteiger partial charge in [0.15, 0.2) is 0 Å². The predicted molar refractivity (Wildman–Crippen MR) is 251 cm³/mol. The number of nitrogens with zero attached hydrogens (tertiary/aromatic N) is 4. The Kier molecular flexibility index (Phi) is 18.4. The SMILES string of the molecule is CC(C)(C)S(=O)N=Cc1ccncc1.CC(C)(C)S(=O)NC(c1ccncc1)c1ccccc1C(=O)O.O=C(O)c1ccccc1Br.O=C1NC(c2ccncc2)c2ccccc21. The van der Waals surface area contributed by atoms with E-state index < -0.39 is 44.7 Å². The molecule has 4 unspecified atom stereocenters. The predicted octanol–water partition coefficient (Wildman–Crippen LogP) is 8.95. The van der Waals surface area contributed by atoms with Crippen LogP contribution in [-0.4, -0.2) is 67.1 Å². The Labute approximate surface area is 380 Å². The van der Waals surface area contributed by atoms with Crippen molar-refractivity contribution in [3.05, 3.63) is 195 Å². The molecule has 0 saturated heterocycles. The molecule has 328 valence electrons. The van der Waals surface area contributed by atoms with Crippen LogP contribution in [-0.2, 0) is 22.0 Å². The summed E-state index contributed by atoms with van der Waals surface area (Å²) >= 11 is 3.12. The summed E-state index contributed by atoms with van der Waals surface area (Å²) < 4.78 is 31.0. The van der Waals surface area contributed by atoms with E-state index in [1.807, 2.05) is 90.1 Å².